The summed E-state index contributed by atoms with van der Waals surface area (Å²) in [6.45, 7) is 0. The van der Waals surface area contributed by atoms with Gasteiger partial charge in [0.25, 0.3) is 0 Å². The fourth-order valence-corrected chi connectivity index (χ4v) is 2.59. The Morgan fingerprint density at radius 3 is 2.11 bits per heavy atom. The Morgan fingerprint density at radius 2 is 1.42 bits per heavy atom. The number of benzene rings is 2. The van der Waals surface area contributed by atoms with Crippen LogP contribution in [0, 0.1) is 0 Å². The molecule has 1 aliphatic rings. The quantitative estimate of drug-likeness (QED) is 0.744. The van der Waals surface area contributed by atoms with Gasteiger partial charge in [-0.2, -0.15) is 0 Å². The van der Waals surface area contributed by atoms with Crippen LogP contribution in [0.2, 0.25) is 0 Å². The lowest BCUT2D eigenvalue weighted by Gasteiger charge is -2.11. The molecule has 0 heterocycles. The molecule has 0 bridgehead atoms. The maximum atomic E-state index is 2.28. The van der Waals surface area contributed by atoms with Gasteiger partial charge in [-0.3, -0.25) is 0 Å². The summed E-state index contributed by atoms with van der Waals surface area (Å²) >= 11 is 0. The lowest BCUT2D eigenvalue weighted by Crippen LogP contribution is -1.99. The van der Waals surface area contributed by atoms with Gasteiger partial charge < -0.3 is 4.90 Å². The molecule has 19 heavy (non-hydrogen) atoms. The molecule has 1 atom stereocenters. The molecule has 0 spiro atoms. The smallest absolute Gasteiger partial charge is 0.00952 e. The first kappa shape index (κ1) is 13.8. The van der Waals surface area contributed by atoms with Crippen molar-refractivity contribution < 1.29 is 0 Å². The van der Waals surface area contributed by atoms with Crippen LogP contribution in [0.3, 0.4) is 0 Å². The van der Waals surface area contributed by atoms with E-state index < -0.39 is 0 Å². The standard InChI is InChI=1S/C15H14.C3H9N/c1-2-6-12(7-3-1)15-11-10-13-8-4-5-9-14(13)15;1-4(2)3/h1-9,15H,10-11H2;1-3H3. The summed E-state index contributed by atoms with van der Waals surface area (Å²) in [6.07, 6.45) is 2.50. The molecule has 2 aromatic carbocycles. The summed E-state index contributed by atoms with van der Waals surface area (Å²) in [4.78, 5) is 2.00. The number of hydrogen-bond acceptors (Lipinski definition) is 1. The highest BCUT2D eigenvalue weighted by Crippen LogP contribution is 2.37. The number of nitrogens with zero attached hydrogens (tertiary/aromatic N) is 1. The molecule has 1 heteroatoms. The second-order valence-electron chi connectivity index (χ2n) is 5.54. The molecular formula is C18H23N. The highest BCUT2D eigenvalue weighted by Gasteiger charge is 2.22. The Kier molecular flexibility index (Phi) is 4.75. The first-order chi connectivity index (χ1) is 9.18. The van der Waals surface area contributed by atoms with Crippen molar-refractivity contribution in [3.8, 4) is 0 Å². The van der Waals surface area contributed by atoms with Gasteiger partial charge in [0.2, 0.25) is 0 Å². The molecule has 0 fully saturated rings. The van der Waals surface area contributed by atoms with E-state index in [9.17, 15) is 0 Å². The van der Waals surface area contributed by atoms with Crippen LogP contribution in [0.15, 0.2) is 54.6 Å². The van der Waals surface area contributed by atoms with Crippen molar-refractivity contribution in [1.29, 1.82) is 0 Å². The molecule has 0 aromatic heterocycles. The van der Waals surface area contributed by atoms with Gasteiger partial charge >= 0.3 is 0 Å². The second-order valence-corrected chi connectivity index (χ2v) is 5.54. The Labute approximate surface area is 116 Å². The Bertz CT molecular complexity index is 499. The van der Waals surface area contributed by atoms with Crippen LogP contribution in [0.25, 0.3) is 0 Å². The van der Waals surface area contributed by atoms with Gasteiger partial charge in [-0.05, 0) is 50.7 Å². The highest BCUT2D eigenvalue weighted by atomic mass is 15.0. The highest BCUT2D eigenvalue weighted by molar-refractivity contribution is 5.41. The van der Waals surface area contributed by atoms with Crippen molar-refractivity contribution in [3.05, 3.63) is 71.3 Å². The van der Waals surface area contributed by atoms with Crippen molar-refractivity contribution in [2.45, 2.75) is 18.8 Å². The van der Waals surface area contributed by atoms with E-state index in [-0.39, 0.29) is 0 Å². The van der Waals surface area contributed by atoms with Gasteiger partial charge in [-0.15, -0.1) is 0 Å². The Hall–Kier alpha value is -1.60. The molecule has 0 saturated heterocycles. The van der Waals surface area contributed by atoms with Crippen molar-refractivity contribution >= 4 is 0 Å². The molecule has 0 saturated carbocycles. The van der Waals surface area contributed by atoms with E-state index in [0.717, 1.165) is 0 Å². The Morgan fingerprint density at radius 1 is 0.842 bits per heavy atom. The van der Waals surface area contributed by atoms with E-state index in [0.29, 0.717) is 5.92 Å². The van der Waals surface area contributed by atoms with E-state index >= 15 is 0 Å². The molecule has 2 aromatic rings. The molecule has 3 rings (SSSR count). The molecule has 1 unspecified atom stereocenters. The lowest BCUT2D eigenvalue weighted by molar-refractivity contribution is 0.505. The number of rotatable bonds is 1. The van der Waals surface area contributed by atoms with Crippen LogP contribution in [0.1, 0.15) is 29.0 Å². The fraction of sp³-hybridized carbons (Fsp3) is 0.333. The Balaban J connectivity index is 0.000000297. The van der Waals surface area contributed by atoms with Crippen molar-refractivity contribution in [3.63, 3.8) is 0 Å². The maximum absolute atomic E-state index is 2.28. The summed E-state index contributed by atoms with van der Waals surface area (Å²) in [5.74, 6) is 0.627. The van der Waals surface area contributed by atoms with Gasteiger partial charge in [-0.25, -0.2) is 0 Å². The zero-order chi connectivity index (χ0) is 13.7. The molecule has 0 radical (unpaired) electrons. The van der Waals surface area contributed by atoms with Crippen molar-refractivity contribution in [2.75, 3.05) is 21.1 Å². The van der Waals surface area contributed by atoms with E-state index in [1.807, 2.05) is 26.0 Å². The molecule has 0 aliphatic heterocycles. The van der Waals surface area contributed by atoms with E-state index in [1.54, 1.807) is 0 Å². The molecule has 0 N–H and O–H groups in total. The molecule has 100 valence electrons. The normalized spacial score (nSPS) is 16.7. The van der Waals surface area contributed by atoms with Gasteiger partial charge in [0.05, 0.1) is 0 Å². The third-order valence-electron chi connectivity index (χ3n) is 3.33. The van der Waals surface area contributed by atoms with Crippen molar-refractivity contribution in [2.24, 2.45) is 0 Å². The SMILES string of the molecule is CN(C)C.c1ccc(C2CCc3ccccc32)cc1. The minimum absolute atomic E-state index is 0.627. The number of hydrogen-bond donors (Lipinski definition) is 0. The average Bonchev–Trinajstić information content (AvgIpc) is 2.83. The number of fused-ring (bicyclic) bond motifs is 1. The predicted octanol–water partition coefficient (Wildman–Crippen LogP) is 3.94. The zero-order valence-electron chi connectivity index (χ0n) is 12.1. The summed E-state index contributed by atoms with van der Waals surface area (Å²) in [6, 6.07) is 19.7. The van der Waals surface area contributed by atoms with Crippen LogP contribution in [0.5, 0.6) is 0 Å². The third kappa shape index (κ3) is 3.68. The topological polar surface area (TPSA) is 3.24 Å². The minimum Gasteiger partial charge on any atom is -0.312 e. The van der Waals surface area contributed by atoms with E-state index in [1.165, 1.54) is 29.5 Å². The summed E-state index contributed by atoms with van der Waals surface area (Å²) in [7, 11) is 6.00. The lowest BCUT2D eigenvalue weighted by atomic mass is 9.93. The second kappa shape index (κ2) is 6.53. The van der Waals surface area contributed by atoms with Crippen LogP contribution in [-0.2, 0) is 6.42 Å². The first-order valence-electron chi connectivity index (χ1n) is 6.92. The van der Waals surface area contributed by atoms with E-state index in [4.69, 9.17) is 0 Å². The van der Waals surface area contributed by atoms with Gasteiger partial charge in [0.1, 0.15) is 0 Å². The fourth-order valence-electron chi connectivity index (χ4n) is 2.59. The molecular weight excluding hydrogens is 230 g/mol. The molecule has 0 amide bonds. The van der Waals surface area contributed by atoms with Crippen molar-refractivity contribution in [1.82, 2.24) is 4.90 Å². The predicted molar refractivity (Wildman–Crippen MR) is 82.7 cm³/mol. The van der Waals surface area contributed by atoms with Crippen LogP contribution in [0.4, 0.5) is 0 Å². The monoisotopic (exact) mass is 253 g/mol. The third-order valence-corrected chi connectivity index (χ3v) is 3.33. The maximum Gasteiger partial charge on any atom is 0.00952 e. The largest absolute Gasteiger partial charge is 0.312 e. The first-order valence-corrected chi connectivity index (χ1v) is 6.92. The zero-order valence-corrected chi connectivity index (χ0v) is 12.1. The van der Waals surface area contributed by atoms with Crippen LogP contribution < -0.4 is 0 Å². The van der Waals surface area contributed by atoms with Crippen LogP contribution in [-0.4, -0.2) is 26.0 Å². The van der Waals surface area contributed by atoms with Crippen LogP contribution >= 0.6 is 0 Å². The summed E-state index contributed by atoms with van der Waals surface area (Å²) < 4.78 is 0. The number of aryl methyl sites for hydroxylation is 1. The van der Waals surface area contributed by atoms with Gasteiger partial charge in [-0.1, -0.05) is 54.6 Å². The molecule has 1 nitrogen and oxygen atoms in total. The minimum atomic E-state index is 0.627. The summed E-state index contributed by atoms with van der Waals surface area (Å²) in [5.41, 5.74) is 4.53. The average molecular weight is 253 g/mol. The summed E-state index contributed by atoms with van der Waals surface area (Å²) in [5, 5.41) is 0. The van der Waals surface area contributed by atoms with E-state index in [2.05, 4.69) is 54.6 Å². The molecule has 1 aliphatic carbocycles. The van der Waals surface area contributed by atoms with Gasteiger partial charge in [0, 0.05) is 5.92 Å². The van der Waals surface area contributed by atoms with Gasteiger partial charge in [0.15, 0.2) is 0 Å².